The van der Waals surface area contributed by atoms with Crippen molar-refractivity contribution in [2.45, 2.75) is 6.10 Å². The van der Waals surface area contributed by atoms with E-state index in [0.717, 1.165) is 10.8 Å². The van der Waals surface area contributed by atoms with Gasteiger partial charge < -0.3 is 14.6 Å². The largest absolute Gasteiger partial charge is 0.507 e. The lowest BCUT2D eigenvalue weighted by Crippen LogP contribution is -2.42. The van der Waals surface area contributed by atoms with Crippen LogP contribution < -0.4 is 14.9 Å². The molecule has 1 aliphatic rings. The molecule has 4 rings (SSSR count). The van der Waals surface area contributed by atoms with Gasteiger partial charge in [-0.05, 0) is 29.0 Å². The molecule has 1 atom stereocenters. The van der Waals surface area contributed by atoms with Crippen LogP contribution in [0.25, 0.3) is 10.8 Å². The summed E-state index contributed by atoms with van der Waals surface area (Å²) < 4.78 is 11.2. The molecule has 26 heavy (non-hydrogen) atoms. The van der Waals surface area contributed by atoms with Gasteiger partial charge in [-0.25, -0.2) is 5.43 Å². The van der Waals surface area contributed by atoms with Gasteiger partial charge in [-0.1, -0.05) is 42.5 Å². The Hall–Kier alpha value is -3.54. The topological polar surface area (TPSA) is 80.2 Å². The summed E-state index contributed by atoms with van der Waals surface area (Å²) in [5.41, 5.74) is 2.97. The van der Waals surface area contributed by atoms with Crippen molar-refractivity contribution in [1.29, 1.82) is 0 Å². The van der Waals surface area contributed by atoms with E-state index in [4.69, 9.17) is 9.47 Å². The Labute approximate surface area is 149 Å². The molecule has 0 aliphatic carbocycles. The van der Waals surface area contributed by atoms with Gasteiger partial charge in [0.2, 0.25) is 6.10 Å². The number of carbonyl (C=O) groups excluding carboxylic acids is 1. The first kappa shape index (κ1) is 16.0. The van der Waals surface area contributed by atoms with Gasteiger partial charge >= 0.3 is 0 Å². The van der Waals surface area contributed by atoms with Crippen molar-refractivity contribution in [1.82, 2.24) is 5.43 Å². The van der Waals surface area contributed by atoms with E-state index >= 15 is 0 Å². The number of phenolic OH excluding ortho intramolecular Hbond substituents is 1. The van der Waals surface area contributed by atoms with E-state index in [-0.39, 0.29) is 12.4 Å². The molecule has 1 heterocycles. The highest BCUT2D eigenvalue weighted by Gasteiger charge is 2.27. The van der Waals surface area contributed by atoms with Gasteiger partial charge in [0.25, 0.3) is 5.91 Å². The van der Waals surface area contributed by atoms with Crippen LogP contribution in [0.4, 0.5) is 0 Å². The van der Waals surface area contributed by atoms with E-state index < -0.39 is 12.0 Å². The van der Waals surface area contributed by atoms with Crippen LogP contribution in [0, 0.1) is 0 Å². The van der Waals surface area contributed by atoms with Crippen molar-refractivity contribution in [2.75, 3.05) is 6.61 Å². The van der Waals surface area contributed by atoms with Crippen LogP contribution in [-0.2, 0) is 4.79 Å². The smallest absolute Gasteiger partial charge is 0.284 e. The Morgan fingerprint density at radius 3 is 2.73 bits per heavy atom. The summed E-state index contributed by atoms with van der Waals surface area (Å²) in [4.78, 5) is 12.3. The van der Waals surface area contributed by atoms with Crippen LogP contribution in [0.1, 0.15) is 5.56 Å². The number of amides is 1. The molecule has 6 nitrogen and oxygen atoms in total. The van der Waals surface area contributed by atoms with Crippen LogP contribution >= 0.6 is 0 Å². The summed E-state index contributed by atoms with van der Waals surface area (Å²) in [7, 11) is 0. The van der Waals surface area contributed by atoms with Gasteiger partial charge in [-0.3, -0.25) is 4.79 Å². The first-order chi connectivity index (χ1) is 12.7. The normalized spacial score (nSPS) is 15.9. The fourth-order valence-corrected chi connectivity index (χ4v) is 2.80. The number of hydrazone groups is 1. The molecule has 0 saturated heterocycles. The molecular weight excluding hydrogens is 332 g/mol. The second kappa shape index (κ2) is 6.76. The van der Waals surface area contributed by atoms with Crippen LogP contribution in [0.5, 0.6) is 17.2 Å². The predicted molar refractivity (Wildman–Crippen MR) is 97.7 cm³/mol. The molecule has 2 N–H and O–H groups in total. The third-order valence-electron chi connectivity index (χ3n) is 4.12. The van der Waals surface area contributed by atoms with E-state index in [2.05, 4.69) is 10.5 Å². The van der Waals surface area contributed by atoms with Crippen molar-refractivity contribution in [3.63, 3.8) is 0 Å². The van der Waals surface area contributed by atoms with E-state index in [0.29, 0.717) is 17.1 Å². The number of rotatable bonds is 3. The Morgan fingerprint density at radius 2 is 1.85 bits per heavy atom. The van der Waals surface area contributed by atoms with Gasteiger partial charge in [-0.2, -0.15) is 5.10 Å². The van der Waals surface area contributed by atoms with E-state index in [1.165, 1.54) is 6.21 Å². The number of nitrogens with zero attached hydrogens (tertiary/aromatic N) is 1. The first-order valence-electron chi connectivity index (χ1n) is 8.14. The molecule has 6 heteroatoms. The van der Waals surface area contributed by atoms with Crippen molar-refractivity contribution in [2.24, 2.45) is 5.10 Å². The first-order valence-corrected chi connectivity index (χ1v) is 8.14. The molecule has 1 aliphatic heterocycles. The summed E-state index contributed by atoms with van der Waals surface area (Å²) in [5, 5.41) is 15.9. The maximum atomic E-state index is 12.3. The second-order valence-corrected chi connectivity index (χ2v) is 5.82. The Bertz CT molecular complexity index is 1000. The molecule has 130 valence electrons. The van der Waals surface area contributed by atoms with E-state index in [1.807, 2.05) is 42.5 Å². The minimum atomic E-state index is -0.789. The summed E-state index contributed by atoms with van der Waals surface area (Å²) in [6.07, 6.45) is 0.635. The highest BCUT2D eigenvalue weighted by Crippen LogP contribution is 2.31. The summed E-state index contributed by atoms with van der Waals surface area (Å²) in [6, 6.07) is 18.2. The minimum absolute atomic E-state index is 0.0906. The summed E-state index contributed by atoms with van der Waals surface area (Å²) in [5.74, 6) is 0.804. The number of benzene rings is 3. The Morgan fingerprint density at radius 1 is 1.08 bits per heavy atom. The SMILES string of the molecule is O=C(N/N=C/c1c(O)ccc2ccccc12)[C@@H]1COc2ccccc2O1. The van der Waals surface area contributed by atoms with Gasteiger partial charge in [-0.15, -0.1) is 0 Å². The van der Waals surface area contributed by atoms with Gasteiger partial charge in [0.05, 0.1) is 6.21 Å². The number of nitrogens with one attached hydrogen (secondary N) is 1. The molecule has 0 bridgehead atoms. The zero-order chi connectivity index (χ0) is 17.9. The third kappa shape index (κ3) is 3.04. The van der Waals surface area contributed by atoms with Crippen molar-refractivity contribution < 1.29 is 19.4 Å². The van der Waals surface area contributed by atoms with E-state index in [9.17, 15) is 9.90 Å². The number of aromatic hydroxyl groups is 1. The number of ether oxygens (including phenoxy) is 2. The fourth-order valence-electron chi connectivity index (χ4n) is 2.80. The minimum Gasteiger partial charge on any atom is -0.507 e. The quantitative estimate of drug-likeness (QED) is 0.563. The maximum absolute atomic E-state index is 12.3. The Balaban J connectivity index is 1.48. The number of carbonyl (C=O) groups is 1. The molecule has 0 unspecified atom stereocenters. The van der Waals surface area contributed by atoms with E-state index in [1.54, 1.807) is 18.2 Å². The number of hydrogen-bond donors (Lipinski definition) is 2. The molecule has 0 saturated carbocycles. The fraction of sp³-hybridized carbons (Fsp3) is 0.100. The predicted octanol–water partition coefficient (Wildman–Crippen LogP) is 2.84. The molecule has 1 amide bonds. The lowest BCUT2D eigenvalue weighted by molar-refractivity contribution is -0.130. The standard InChI is InChI=1S/C20H16N2O4/c23-16-10-9-13-5-1-2-6-14(13)15(16)11-21-22-20(24)19-12-25-17-7-3-4-8-18(17)26-19/h1-11,19,23H,12H2,(H,22,24)/b21-11+/t19-/m0/s1. The van der Waals surface area contributed by atoms with Crippen molar-refractivity contribution >= 4 is 22.9 Å². The van der Waals surface area contributed by atoms with Crippen molar-refractivity contribution in [3.05, 3.63) is 66.2 Å². The lowest BCUT2D eigenvalue weighted by Gasteiger charge is -2.24. The number of hydrogen-bond acceptors (Lipinski definition) is 5. The number of phenols is 1. The molecule has 0 spiro atoms. The van der Waals surface area contributed by atoms with Gasteiger partial charge in [0.15, 0.2) is 11.5 Å². The highest BCUT2D eigenvalue weighted by molar-refractivity contribution is 6.02. The molecule has 3 aromatic rings. The summed E-state index contributed by atoms with van der Waals surface area (Å²) in [6.45, 7) is 0.109. The van der Waals surface area contributed by atoms with Crippen molar-refractivity contribution in [3.8, 4) is 17.2 Å². The van der Waals surface area contributed by atoms with Crippen LogP contribution in [0.15, 0.2) is 65.8 Å². The van der Waals surface area contributed by atoms with Gasteiger partial charge in [0.1, 0.15) is 12.4 Å². The zero-order valence-electron chi connectivity index (χ0n) is 13.8. The number of fused-ring (bicyclic) bond motifs is 2. The average molecular weight is 348 g/mol. The molecular formula is C20H16N2O4. The zero-order valence-corrected chi connectivity index (χ0v) is 13.8. The van der Waals surface area contributed by atoms with Crippen LogP contribution in [-0.4, -0.2) is 29.9 Å². The molecule has 0 aromatic heterocycles. The van der Waals surface area contributed by atoms with Gasteiger partial charge in [0, 0.05) is 5.56 Å². The van der Waals surface area contributed by atoms with Crippen LogP contribution in [0.3, 0.4) is 0 Å². The highest BCUT2D eigenvalue weighted by atomic mass is 16.6. The average Bonchev–Trinajstić information content (AvgIpc) is 2.69. The Kier molecular flexibility index (Phi) is 4.15. The monoisotopic (exact) mass is 348 g/mol. The second-order valence-electron chi connectivity index (χ2n) is 5.82. The summed E-state index contributed by atoms with van der Waals surface area (Å²) >= 11 is 0. The third-order valence-corrected chi connectivity index (χ3v) is 4.12. The molecule has 0 radical (unpaired) electrons. The molecule has 0 fully saturated rings. The molecule has 3 aromatic carbocycles. The lowest BCUT2D eigenvalue weighted by atomic mass is 10.0. The number of para-hydroxylation sites is 2. The maximum Gasteiger partial charge on any atom is 0.284 e. The van der Waals surface area contributed by atoms with Crippen LogP contribution in [0.2, 0.25) is 0 Å².